The molecule has 1 saturated carbocycles. The van der Waals surface area contributed by atoms with Gasteiger partial charge in [0.1, 0.15) is 18.5 Å². The molecule has 1 aromatic rings. The summed E-state index contributed by atoms with van der Waals surface area (Å²) in [6, 6.07) is 6.53. The van der Waals surface area contributed by atoms with Crippen molar-refractivity contribution in [3.8, 4) is 5.75 Å². The Morgan fingerprint density at radius 2 is 1.92 bits per heavy atom. The highest BCUT2D eigenvalue weighted by Gasteiger charge is 2.25. The van der Waals surface area contributed by atoms with Crippen LogP contribution in [0.4, 0.5) is 0 Å². The van der Waals surface area contributed by atoms with Crippen molar-refractivity contribution in [1.29, 1.82) is 0 Å². The number of piperazine rings is 1. The van der Waals surface area contributed by atoms with E-state index >= 15 is 0 Å². The number of aryl methyl sites for hydroxylation is 2. The lowest BCUT2D eigenvalue weighted by Crippen LogP contribution is -2.51. The lowest BCUT2D eigenvalue weighted by molar-refractivity contribution is -0.122. The Labute approximate surface area is 156 Å². The fraction of sp³-hybridized carbons (Fsp3) is 0.650. The van der Waals surface area contributed by atoms with E-state index < -0.39 is 6.10 Å². The van der Waals surface area contributed by atoms with E-state index in [1.165, 1.54) is 0 Å². The van der Waals surface area contributed by atoms with Crippen LogP contribution in [0.3, 0.4) is 0 Å². The third-order valence-electron chi connectivity index (χ3n) is 5.02. The van der Waals surface area contributed by atoms with Crippen LogP contribution < -0.4 is 10.1 Å². The Hall–Kier alpha value is -1.63. The fourth-order valence-corrected chi connectivity index (χ4v) is 3.23. The number of hydrogen-bond donors (Lipinski definition) is 2. The topological polar surface area (TPSA) is 65.0 Å². The number of aliphatic hydroxyl groups is 1. The van der Waals surface area contributed by atoms with Gasteiger partial charge in [-0.3, -0.25) is 14.6 Å². The second-order valence-electron chi connectivity index (χ2n) is 7.65. The minimum Gasteiger partial charge on any atom is -0.491 e. The summed E-state index contributed by atoms with van der Waals surface area (Å²) < 4.78 is 5.80. The first-order valence-electron chi connectivity index (χ1n) is 9.62. The largest absolute Gasteiger partial charge is 0.491 e. The number of rotatable bonds is 8. The Morgan fingerprint density at radius 3 is 2.62 bits per heavy atom. The van der Waals surface area contributed by atoms with Gasteiger partial charge < -0.3 is 15.2 Å². The zero-order valence-corrected chi connectivity index (χ0v) is 15.9. The maximum atomic E-state index is 11.9. The van der Waals surface area contributed by atoms with Crippen LogP contribution in [0.5, 0.6) is 5.75 Å². The van der Waals surface area contributed by atoms with Crippen LogP contribution in [0, 0.1) is 13.8 Å². The van der Waals surface area contributed by atoms with Gasteiger partial charge in [0, 0.05) is 38.8 Å². The van der Waals surface area contributed by atoms with Crippen molar-refractivity contribution >= 4 is 5.91 Å². The molecule has 1 aliphatic carbocycles. The van der Waals surface area contributed by atoms with Crippen LogP contribution in [0.25, 0.3) is 0 Å². The molecule has 0 spiro atoms. The molecule has 1 amide bonds. The van der Waals surface area contributed by atoms with Gasteiger partial charge in [0.2, 0.25) is 5.91 Å². The van der Waals surface area contributed by atoms with E-state index in [0.29, 0.717) is 25.7 Å². The molecule has 0 radical (unpaired) electrons. The number of nitrogens with zero attached hydrogens (tertiary/aromatic N) is 2. The van der Waals surface area contributed by atoms with Crippen molar-refractivity contribution in [2.45, 2.75) is 38.8 Å². The lowest BCUT2D eigenvalue weighted by atomic mass is 10.1. The highest BCUT2D eigenvalue weighted by molar-refractivity contribution is 5.78. The van der Waals surface area contributed by atoms with Crippen molar-refractivity contribution in [1.82, 2.24) is 15.1 Å². The summed E-state index contributed by atoms with van der Waals surface area (Å²) in [6.45, 7) is 8.91. The molecular weight excluding hydrogens is 330 g/mol. The van der Waals surface area contributed by atoms with Crippen LogP contribution in [0.15, 0.2) is 18.2 Å². The first-order valence-corrected chi connectivity index (χ1v) is 9.62. The smallest absolute Gasteiger partial charge is 0.234 e. The van der Waals surface area contributed by atoms with Crippen LogP contribution in [-0.4, -0.2) is 78.8 Å². The van der Waals surface area contributed by atoms with Gasteiger partial charge in [0.15, 0.2) is 0 Å². The Kier molecular flexibility index (Phi) is 6.51. The summed E-state index contributed by atoms with van der Waals surface area (Å²) in [4.78, 5) is 16.3. The van der Waals surface area contributed by atoms with Crippen molar-refractivity contribution in [3.05, 3.63) is 29.3 Å². The molecule has 2 N–H and O–H groups in total. The minimum absolute atomic E-state index is 0.142. The quantitative estimate of drug-likeness (QED) is 0.721. The van der Waals surface area contributed by atoms with E-state index in [2.05, 4.69) is 21.2 Å². The van der Waals surface area contributed by atoms with E-state index in [9.17, 15) is 9.90 Å². The number of β-amino-alcohol motifs (C(OH)–C–C–N with tert-alkyl or cyclic N) is 1. The molecule has 2 aliphatic rings. The third-order valence-corrected chi connectivity index (χ3v) is 5.02. The first-order chi connectivity index (χ1) is 12.5. The maximum absolute atomic E-state index is 11.9. The molecule has 1 aromatic carbocycles. The molecule has 3 rings (SSSR count). The minimum atomic E-state index is -0.514. The van der Waals surface area contributed by atoms with Crippen molar-refractivity contribution in [3.63, 3.8) is 0 Å². The van der Waals surface area contributed by atoms with Crippen LogP contribution in [-0.2, 0) is 4.79 Å². The summed E-state index contributed by atoms with van der Waals surface area (Å²) in [6.07, 6.45) is 1.74. The highest BCUT2D eigenvalue weighted by Crippen LogP contribution is 2.19. The Morgan fingerprint density at radius 1 is 1.23 bits per heavy atom. The Bertz CT molecular complexity index is 610. The number of amides is 1. The van der Waals surface area contributed by atoms with Gasteiger partial charge in [-0.15, -0.1) is 0 Å². The molecule has 2 fully saturated rings. The molecule has 0 unspecified atom stereocenters. The van der Waals surface area contributed by atoms with E-state index in [-0.39, 0.29) is 5.91 Å². The average molecular weight is 361 g/mol. The molecule has 6 nitrogen and oxygen atoms in total. The van der Waals surface area contributed by atoms with Gasteiger partial charge in [0.25, 0.3) is 0 Å². The Balaban J connectivity index is 1.34. The molecule has 144 valence electrons. The van der Waals surface area contributed by atoms with Gasteiger partial charge >= 0.3 is 0 Å². The number of carbonyl (C=O) groups excluding carboxylic acids is 1. The van der Waals surface area contributed by atoms with Gasteiger partial charge in [-0.25, -0.2) is 0 Å². The number of hydrogen-bond acceptors (Lipinski definition) is 5. The molecule has 1 atom stereocenters. The summed E-state index contributed by atoms with van der Waals surface area (Å²) in [5.41, 5.74) is 2.24. The molecule has 1 heterocycles. The monoisotopic (exact) mass is 361 g/mol. The van der Waals surface area contributed by atoms with E-state index in [4.69, 9.17) is 4.74 Å². The normalized spacial score (nSPS) is 20.0. The second kappa shape index (κ2) is 8.84. The first kappa shape index (κ1) is 19.1. The molecule has 1 saturated heterocycles. The van der Waals surface area contributed by atoms with E-state index in [1.807, 2.05) is 26.0 Å². The van der Waals surface area contributed by atoms with Gasteiger partial charge in [0.05, 0.1) is 6.54 Å². The number of nitrogens with one attached hydrogen (secondary N) is 1. The second-order valence-corrected chi connectivity index (χ2v) is 7.65. The summed E-state index contributed by atoms with van der Waals surface area (Å²) >= 11 is 0. The van der Waals surface area contributed by atoms with Crippen LogP contribution in [0.1, 0.15) is 24.0 Å². The predicted octanol–water partition coefficient (Wildman–Crippen LogP) is 0.939. The van der Waals surface area contributed by atoms with Gasteiger partial charge in [-0.2, -0.15) is 0 Å². The number of ether oxygens (including phenoxy) is 1. The molecule has 26 heavy (non-hydrogen) atoms. The van der Waals surface area contributed by atoms with Gasteiger partial charge in [-0.05, 0) is 43.9 Å². The molecular formula is C20H31N3O3. The molecule has 1 aliphatic heterocycles. The zero-order valence-electron chi connectivity index (χ0n) is 15.9. The number of benzene rings is 1. The molecule has 0 bridgehead atoms. The van der Waals surface area contributed by atoms with Crippen LogP contribution in [0.2, 0.25) is 0 Å². The van der Waals surface area contributed by atoms with Crippen LogP contribution >= 0.6 is 0 Å². The van der Waals surface area contributed by atoms with Crippen molar-refractivity contribution in [2.24, 2.45) is 0 Å². The lowest BCUT2D eigenvalue weighted by Gasteiger charge is -2.35. The van der Waals surface area contributed by atoms with E-state index in [1.54, 1.807) is 0 Å². The molecule has 0 aromatic heterocycles. The summed E-state index contributed by atoms with van der Waals surface area (Å²) in [5.74, 6) is 0.985. The fourth-order valence-electron chi connectivity index (χ4n) is 3.23. The van der Waals surface area contributed by atoms with Crippen molar-refractivity contribution in [2.75, 3.05) is 45.9 Å². The summed E-state index contributed by atoms with van der Waals surface area (Å²) in [7, 11) is 0. The maximum Gasteiger partial charge on any atom is 0.234 e. The summed E-state index contributed by atoms with van der Waals surface area (Å²) in [5, 5.41) is 13.3. The van der Waals surface area contributed by atoms with E-state index in [0.717, 1.165) is 55.9 Å². The zero-order chi connectivity index (χ0) is 18.5. The average Bonchev–Trinajstić information content (AvgIpc) is 3.41. The highest BCUT2D eigenvalue weighted by atomic mass is 16.5. The number of aliphatic hydroxyl groups excluding tert-OH is 1. The SMILES string of the molecule is Cc1ccc(C)c(OC[C@@H](O)CN2CCN(CC(=O)NC3CC3)CC2)c1. The van der Waals surface area contributed by atoms with Crippen molar-refractivity contribution < 1.29 is 14.6 Å². The van der Waals surface area contributed by atoms with Gasteiger partial charge in [-0.1, -0.05) is 12.1 Å². The predicted molar refractivity (Wildman–Crippen MR) is 101 cm³/mol. The standard InChI is InChI=1S/C20H31N3O3/c1-15-3-4-16(2)19(11-15)26-14-18(24)12-22-7-9-23(10-8-22)13-20(25)21-17-5-6-17/h3-4,11,17-18,24H,5-10,12-14H2,1-2H3,(H,21,25)/t18-/m0/s1. The third kappa shape index (κ3) is 5.97. The molecule has 6 heteroatoms. The number of carbonyl (C=O) groups is 1.